The summed E-state index contributed by atoms with van der Waals surface area (Å²) in [4.78, 5) is 26.5. The fourth-order valence-corrected chi connectivity index (χ4v) is 2.65. The van der Waals surface area contributed by atoms with Crippen LogP contribution in [0.5, 0.6) is 0 Å². The van der Waals surface area contributed by atoms with Crippen LogP contribution in [0.15, 0.2) is 30.3 Å². The quantitative estimate of drug-likeness (QED) is 0.901. The van der Waals surface area contributed by atoms with E-state index in [0.717, 1.165) is 31.5 Å². The van der Waals surface area contributed by atoms with Crippen molar-refractivity contribution in [2.45, 2.75) is 39.2 Å². The summed E-state index contributed by atoms with van der Waals surface area (Å²) in [6.07, 6.45) is 2.44. The van der Waals surface area contributed by atoms with Crippen molar-refractivity contribution in [2.75, 3.05) is 13.1 Å². The highest BCUT2D eigenvalue weighted by atomic mass is 16.2. The largest absolute Gasteiger partial charge is 0.344 e. The molecule has 0 radical (unpaired) electrons. The summed E-state index contributed by atoms with van der Waals surface area (Å²) < 4.78 is 0. The summed E-state index contributed by atoms with van der Waals surface area (Å²) in [5.74, 6) is 0.0641. The number of rotatable bonds is 5. The van der Waals surface area contributed by atoms with E-state index in [4.69, 9.17) is 0 Å². The van der Waals surface area contributed by atoms with Crippen LogP contribution in [0.3, 0.4) is 0 Å². The van der Waals surface area contributed by atoms with Crippen LogP contribution in [0, 0.1) is 5.92 Å². The van der Waals surface area contributed by atoms with E-state index >= 15 is 0 Å². The average Bonchev–Trinajstić information content (AvgIpc) is 2.99. The normalized spacial score (nSPS) is 16.0. The summed E-state index contributed by atoms with van der Waals surface area (Å²) in [5, 5.41) is 2.91. The first-order chi connectivity index (χ1) is 10.1. The molecule has 0 bridgehead atoms. The third kappa shape index (κ3) is 4.31. The second-order valence-electron chi connectivity index (χ2n) is 5.98. The number of amides is 2. The van der Waals surface area contributed by atoms with Crippen molar-refractivity contribution in [3.63, 3.8) is 0 Å². The first-order valence-electron chi connectivity index (χ1n) is 7.70. The van der Waals surface area contributed by atoms with Crippen molar-refractivity contribution in [3.8, 4) is 0 Å². The number of nitrogens with one attached hydrogen (secondary N) is 1. The zero-order valence-electron chi connectivity index (χ0n) is 12.8. The second-order valence-corrected chi connectivity index (χ2v) is 5.98. The van der Waals surface area contributed by atoms with E-state index in [2.05, 4.69) is 5.32 Å². The fraction of sp³-hybridized carbons (Fsp3) is 0.529. The van der Waals surface area contributed by atoms with Gasteiger partial charge in [0.15, 0.2) is 0 Å². The number of hydrogen-bond acceptors (Lipinski definition) is 2. The zero-order chi connectivity index (χ0) is 15.2. The molecule has 4 nitrogen and oxygen atoms in total. The predicted octanol–water partition coefficient (Wildman–Crippen LogP) is 1.99. The average molecular weight is 288 g/mol. The Morgan fingerprint density at radius 2 is 1.76 bits per heavy atom. The van der Waals surface area contributed by atoms with Gasteiger partial charge < -0.3 is 10.2 Å². The maximum Gasteiger partial charge on any atom is 0.245 e. The van der Waals surface area contributed by atoms with Crippen LogP contribution in [-0.2, 0) is 16.0 Å². The number of benzene rings is 1. The van der Waals surface area contributed by atoms with Crippen molar-refractivity contribution >= 4 is 11.8 Å². The monoisotopic (exact) mass is 288 g/mol. The molecule has 1 aliphatic heterocycles. The topological polar surface area (TPSA) is 49.4 Å². The van der Waals surface area contributed by atoms with Crippen LogP contribution in [0.4, 0.5) is 0 Å². The van der Waals surface area contributed by atoms with E-state index in [1.54, 1.807) is 0 Å². The minimum Gasteiger partial charge on any atom is -0.344 e. The van der Waals surface area contributed by atoms with E-state index in [0.29, 0.717) is 6.42 Å². The van der Waals surface area contributed by atoms with E-state index in [1.165, 1.54) is 0 Å². The van der Waals surface area contributed by atoms with E-state index in [9.17, 15) is 9.59 Å². The van der Waals surface area contributed by atoms with Gasteiger partial charge in [-0.25, -0.2) is 0 Å². The molecule has 4 heteroatoms. The van der Waals surface area contributed by atoms with Gasteiger partial charge in [-0.2, -0.15) is 0 Å². The zero-order valence-corrected chi connectivity index (χ0v) is 12.8. The minimum atomic E-state index is -0.417. The third-order valence-corrected chi connectivity index (χ3v) is 3.87. The maximum absolute atomic E-state index is 12.5. The van der Waals surface area contributed by atoms with Gasteiger partial charge in [-0.1, -0.05) is 44.2 Å². The molecular formula is C17H24N2O2. The number of nitrogens with zero attached hydrogens (tertiary/aromatic N) is 1. The van der Waals surface area contributed by atoms with Crippen molar-refractivity contribution in [3.05, 3.63) is 35.9 Å². The van der Waals surface area contributed by atoms with Crippen molar-refractivity contribution in [2.24, 2.45) is 5.92 Å². The molecule has 1 fully saturated rings. The van der Waals surface area contributed by atoms with E-state index in [1.807, 2.05) is 49.1 Å². The SMILES string of the molecule is CC(C)[C@H](NC(=O)Cc1ccccc1)C(=O)N1CCCC1. The Kier molecular flexibility index (Phi) is 5.37. The van der Waals surface area contributed by atoms with Gasteiger partial charge in [-0.15, -0.1) is 0 Å². The number of likely N-dealkylation sites (tertiary alicyclic amines) is 1. The smallest absolute Gasteiger partial charge is 0.245 e. The van der Waals surface area contributed by atoms with Gasteiger partial charge in [-0.05, 0) is 24.3 Å². The van der Waals surface area contributed by atoms with Gasteiger partial charge in [0.05, 0.1) is 6.42 Å². The molecule has 0 spiro atoms. The van der Waals surface area contributed by atoms with Gasteiger partial charge in [0, 0.05) is 13.1 Å². The highest BCUT2D eigenvalue weighted by molar-refractivity contribution is 5.88. The fourth-order valence-electron chi connectivity index (χ4n) is 2.65. The lowest BCUT2D eigenvalue weighted by Crippen LogP contribution is -2.50. The first-order valence-corrected chi connectivity index (χ1v) is 7.70. The first kappa shape index (κ1) is 15.5. The molecule has 1 heterocycles. The Bertz CT molecular complexity index is 479. The van der Waals surface area contributed by atoms with Crippen molar-refractivity contribution in [1.29, 1.82) is 0 Å². The number of carbonyl (C=O) groups excluding carboxylic acids is 2. The van der Waals surface area contributed by atoms with Crippen molar-refractivity contribution in [1.82, 2.24) is 10.2 Å². The van der Waals surface area contributed by atoms with Crippen LogP contribution in [0.1, 0.15) is 32.3 Å². The molecule has 0 unspecified atom stereocenters. The van der Waals surface area contributed by atoms with Crippen LogP contribution < -0.4 is 5.32 Å². The Balaban J connectivity index is 1.95. The molecule has 0 aliphatic carbocycles. The van der Waals surface area contributed by atoms with Crippen LogP contribution >= 0.6 is 0 Å². The number of hydrogen-bond donors (Lipinski definition) is 1. The molecule has 1 N–H and O–H groups in total. The minimum absolute atomic E-state index is 0.0592. The van der Waals surface area contributed by atoms with Gasteiger partial charge in [0.25, 0.3) is 0 Å². The molecule has 1 aliphatic rings. The van der Waals surface area contributed by atoms with Crippen LogP contribution in [0.2, 0.25) is 0 Å². The molecule has 1 aromatic rings. The Hall–Kier alpha value is -1.84. The molecule has 0 saturated carbocycles. The second kappa shape index (κ2) is 7.25. The van der Waals surface area contributed by atoms with E-state index in [-0.39, 0.29) is 17.7 Å². The highest BCUT2D eigenvalue weighted by Gasteiger charge is 2.29. The van der Waals surface area contributed by atoms with Crippen molar-refractivity contribution < 1.29 is 9.59 Å². The van der Waals surface area contributed by atoms with Gasteiger partial charge in [0.2, 0.25) is 11.8 Å². The number of carbonyl (C=O) groups is 2. The molecule has 1 aromatic carbocycles. The summed E-state index contributed by atoms with van der Waals surface area (Å²) in [6, 6.07) is 9.18. The summed E-state index contributed by atoms with van der Waals surface area (Å²) in [7, 11) is 0. The molecule has 0 aromatic heterocycles. The van der Waals surface area contributed by atoms with E-state index < -0.39 is 6.04 Å². The highest BCUT2D eigenvalue weighted by Crippen LogP contribution is 2.13. The summed E-state index contributed by atoms with van der Waals surface area (Å²) >= 11 is 0. The lowest BCUT2D eigenvalue weighted by atomic mass is 10.0. The molecule has 1 atom stereocenters. The Morgan fingerprint density at radius 3 is 2.33 bits per heavy atom. The predicted molar refractivity (Wildman–Crippen MR) is 82.7 cm³/mol. The molecule has 21 heavy (non-hydrogen) atoms. The standard InChI is InChI=1S/C17H24N2O2/c1-13(2)16(17(21)19-10-6-7-11-19)18-15(20)12-14-8-4-3-5-9-14/h3-5,8-9,13,16H,6-7,10-12H2,1-2H3,(H,18,20)/t16-/m0/s1. The van der Waals surface area contributed by atoms with Crippen LogP contribution in [-0.4, -0.2) is 35.8 Å². The summed E-state index contributed by atoms with van der Waals surface area (Å²) in [6.45, 7) is 5.58. The molecule has 1 saturated heterocycles. The lowest BCUT2D eigenvalue weighted by molar-refractivity contribution is -0.136. The third-order valence-electron chi connectivity index (χ3n) is 3.87. The lowest BCUT2D eigenvalue weighted by Gasteiger charge is -2.26. The van der Waals surface area contributed by atoms with Gasteiger partial charge in [-0.3, -0.25) is 9.59 Å². The molecule has 2 amide bonds. The maximum atomic E-state index is 12.5. The van der Waals surface area contributed by atoms with Crippen LogP contribution in [0.25, 0.3) is 0 Å². The van der Waals surface area contributed by atoms with Gasteiger partial charge >= 0.3 is 0 Å². The Morgan fingerprint density at radius 1 is 1.14 bits per heavy atom. The Labute approximate surface area is 126 Å². The van der Waals surface area contributed by atoms with Gasteiger partial charge in [0.1, 0.15) is 6.04 Å². The molecule has 114 valence electrons. The molecular weight excluding hydrogens is 264 g/mol. The summed E-state index contributed by atoms with van der Waals surface area (Å²) in [5.41, 5.74) is 0.964. The molecule has 2 rings (SSSR count).